The van der Waals surface area contributed by atoms with Crippen LogP contribution in [0.5, 0.6) is 5.75 Å². The summed E-state index contributed by atoms with van der Waals surface area (Å²) in [5.74, 6) is 0.178. The molecule has 0 aliphatic rings. The molecule has 4 N–H and O–H groups in total. The highest BCUT2D eigenvalue weighted by atomic mass is 16.5. The molecule has 0 atom stereocenters. The van der Waals surface area contributed by atoms with Crippen molar-refractivity contribution in [2.75, 3.05) is 18.9 Å². The summed E-state index contributed by atoms with van der Waals surface area (Å²) < 4.78 is 5.27. The summed E-state index contributed by atoms with van der Waals surface area (Å²) in [5.41, 5.74) is 5.50. The summed E-state index contributed by atoms with van der Waals surface area (Å²) in [4.78, 5) is 11.5. The fourth-order valence-electron chi connectivity index (χ4n) is 1.21. The summed E-state index contributed by atoms with van der Waals surface area (Å²) in [6.45, 7) is 3.19. The van der Waals surface area contributed by atoms with Gasteiger partial charge in [-0.3, -0.25) is 4.79 Å². The third-order valence-corrected chi connectivity index (χ3v) is 2.15. The minimum Gasteiger partial charge on any atom is -0.482 e. The summed E-state index contributed by atoms with van der Waals surface area (Å²) in [6, 6.07) is 6.96. The summed E-state index contributed by atoms with van der Waals surface area (Å²) in [6.07, 6.45) is 0. The first-order valence-electron chi connectivity index (χ1n) is 5.34. The fraction of sp³-hybridized carbons (Fsp3) is 0.417. The van der Waals surface area contributed by atoms with Gasteiger partial charge in [0.05, 0.1) is 17.8 Å². The Kier molecular flexibility index (Phi) is 4.34. The van der Waals surface area contributed by atoms with Crippen LogP contribution in [-0.2, 0) is 4.79 Å². The fourth-order valence-corrected chi connectivity index (χ4v) is 1.21. The van der Waals surface area contributed by atoms with Crippen molar-refractivity contribution in [3.63, 3.8) is 0 Å². The van der Waals surface area contributed by atoms with Crippen LogP contribution < -0.4 is 15.8 Å². The predicted molar refractivity (Wildman–Crippen MR) is 65.7 cm³/mol. The van der Waals surface area contributed by atoms with Crippen LogP contribution in [0.4, 0.5) is 5.69 Å². The number of anilines is 1. The van der Waals surface area contributed by atoms with Gasteiger partial charge in [0.25, 0.3) is 5.91 Å². The molecule has 0 fully saturated rings. The number of nitrogens with two attached hydrogens (primary N) is 1. The third-order valence-electron chi connectivity index (χ3n) is 2.15. The van der Waals surface area contributed by atoms with Gasteiger partial charge in [-0.25, -0.2) is 0 Å². The zero-order valence-corrected chi connectivity index (χ0v) is 10.1. The second-order valence-corrected chi connectivity index (χ2v) is 4.42. The van der Waals surface area contributed by atoms with E-state index in [0.29, 0.717) is 11.4 Å². The van der Waals surface area contributed by atoms with E-state index in [4.69, 9.17) is 15.6 Å². The number of ether oxygens (including phenoxy) is 1. The first-order valence-corrected chi connectivity index (χ1v) is 5.34. The number of para-hydroxylation sites is 2. The second kappa shape index (κ2) is 5.54. The van der Waals surface area contributed by atoms with E-state index in [1.165, 1.54) is 0 Å². The topological polar surface area (TPSA) is 84.6 Å². The van der Waals surface area contributed by atoms with Crippen molar-refractivity contribution in [3.8, 4) is 5.75 Å². The van der Waals surface area contributed by atoms with E-state index in [2.05, 4.69) is 5.32 Å². The molecular formula is C12H18N2O3. The van der Waals surface area contributed by atoms with E-state index >= 15 is 0 Å². The highest BCUT2D eigenvalue weighted by molar-refractivity contribution is 5.78. The van der Waals surface area contributed by atoms with Gasteiger partial charge in [-0.15, -0.1) is 0 Å². The number of hydrogen-bond acceptors (Lipinski definition) is 4. The average molecular weight is 238 g/mol. The van der Waals surface area contributed by atoms with Gasteiger partial charge in [0, 0.05) is 0 Å². The Balaban J connectivity index is 2.47. The van der Waals surface area contributed by atoms with Crippen molar-refractivity contribution in [1.82, 2.24) is 5.32 Å². The number of aliphatic hydroxyl groups excluding tert-OH is 1. The van der Waals surface area contributed by atoms with E-state index in [-0.39, 0.29) is 19.1 Å². The number of hydrogen-bond donors (Lipinski definition) is 3. The lowest BCUT2D eigenvalue weighted by molar-refractivity contribution is -0.125. The average Bonchev–Trinajstić information content (AvgIpc) is 2.27. The Morgan fingerprint density at radius 2 is 2.12 bits per heavy atom. The lowest BCUT2D eigenvalue weighted by Crippen LogP contribution is -2.48. The number of aliphatic hydroxyl groups is 1. The predicted octanol–water partition coefficient (Wildman–Crippen LogP) is 0.535. The second-order valence-electron chi connectivity index (χ2n) is 4.42. The first kappa shape index (κ1) is 13.3. The van der Waals surface area contributed by atoms with Crippen LogP contribution in [-0.4, -0.2) is 29.8 Å². The summed E-state index contributed by atoms with van der Waals surface area (Å²) in [5, 5.41) is 11.6. The maximum atomic E-state index is 11.5. The number of rotatable bonds is 5. The Labute approximate surface area is 101 Å². The van der Waals surface area contributed by atoms with Crippen molar-refractivity contribution in [1.29, 1.82) is 0 Å². The van der Waals surface area contributed by atoms with Crippen molar-refractivity contribution >= 4 is 11.6 Å². The maximum absolute atomic E-state index is 11.5. The lowest BCUT2D eigenvalue weighted by atomic mass is 10.1. The minimum absolute atomic E-state index is 0.127. The largest absolute Gasteiger partial charge is 0.482 e. The third kappa shape index (κ3) is 4.32. The molecule has 0 saturated heterocycles. The van der Waals surface area contributed by atoms with Gasteiger partial charge in [0.1, 0.15) is 5.75 Å². The highest BCUT2D eigenvalue weighted by Gasteiger charge is 2.19. The minimum atomic E-state index is -0.650. The lowest BCUT2D eigenvalue weighted by Gasteiger charge is -2.23. The molecule has 0 aliphatic heterocycles. The molecule has 0 aliphatic carbocycles. The smallest absolute Gasteiger partial charge is 0.258 e. The molecule has 1 aromatic carbocycles. The van der Waals surface area contributed by atoms with Crippen LogP contribution in [0.2, 0.25) is 0 Å². The van der Waals surface area contributed by atoms with Gasteiger partial charge in [-0.2, -0.15) is 0 Å². The van der Waals surface area contributed by atoms with Crippen molar-refractivity contribution in [2.24, 2.45) is 0 Å². The van der Waals surface area contributed by atoms with E-state index < -0.39 is 5.54 Å². The molecule has 5 heteroatoms. The molecule has 1 amide bonds. The van der Waals surface area contributed by atoms with Crippen molar-refractivity contribution in [2.45, 2.75) is 19.4 Å². The van der Waals surface area contributed by atoms with Gasteiger partial charge < -0.3 is 20.9 Å². The summed E-state index contributed by atoms with van der Waals surface area (Å²) in [7, 11) is 0. The summed E-state index contributed by atoms with van der Waals surface area (Å²) >= 11 is 0. The number of amides is 1. The molecule has 0 radical (unpaired) electrons. The van der Waals surface area contributed by atoms with E-state index in [0.717, 1.165) is 0 Å². The SMILES string of the molecule is CC(C)(CO)NC(=O)COc1ccccc1N. The molecule has 0 spiro atoms. The van der Waals surface area contributed by atoms with Gasteiger partial charge in [-0.1, -0.05) is 12.1 Å². The van der Waals surface area contributed by atoms with Crippen LogP contribution in [0, 0.1) is 0 Å². The molecule has 5 nitrogen and oxygen atoms in total. The molecule has 0 bridgehead atoms. The number of benzene rings is 1. The van der Waals surface area contributed by atoms with Gasteiger partial charge in [0.2, 0.25) is 0 Å². The van der Waals surface area contributed by atoms with Crippen LogP contribution in [0.25, 0.3) is 0 Å². The number of carbonyl (C=O) groups excluding carboxylic acids is 1. The van der Waals surface area contributed by atoms with Crippen LogP contribution >= 0.6 is 0 Å². The zero-order valence-electron chi connectivity index (χ0n) is 10.1. The first-order chi connectivity index (χ1) is 7.94. The molecule has 94 valence electrons. The van der Waals surface area contributed by atoms with Gasteiger partial charge in [-0.05, 0) is 26.0 Å². The van der Waals surface area contributed by atoms with E-state index in [1.54, 1.807) is 38.1 Å². The molecule has 0 heterocycles. The molecular weight excluding hydrogens is 220 g/mol. The van der Waals surface area contributed by atoms with Crippen molar-refractivity contribution in [3.05, 3.63) is 24.3 Å². The van der Waals surface area contributed by atoms with Crippen LogP contribution in [0.15, 0.2) is 24.3 Å². The molecule has 1 aromatic rings. The number of carbonyl (C=O) groups is 1. The molecule has 0 aromatic heterocycles. The molecule has 1 rings (SSSR count). The van der Waals surface area contributed by atoms with E-state index in [9.17, 15) is 4.79 Å². The Hall–Kier alpha value is -1.75. The number of nitrogens with one attached hydrogen (secondary N) is 1. The quantitative estimate of drug-likeness (QED) is 0.653. The van der Waals surface area contributed by atoms with Crippen LogP contribution in [0.3, 0.4) is 0 Å². The van der Waals surface area contributed by atoms with Gasteiger partial charge >= 0.3 is 0 Å². The Morgan fingerprint density at radius 3 is 2.71 bits per heavy atom. The molecule has 0 saturated carbocycles. The van der Waals surface area contributed by atoms with E-state index in [1.807, 2.05) is 0 Å². The number of nitrogen functional groups attached to an aromatic ring is 1. The maximum Gasteiger partial charge on any atom is 0.258 e. The molecule has 17 heavy (non-hydrogen) atoms. The monoisotopic (exact) mass is 238 g/mol. The Morgan fingerprint density at radius 1 is 1.47 bits per heavy atom. The van der Waals surface area contributed by atoms with Gasteiger partial charge in [0.15, 0.2) is 6.61 Å². The Bertz CT molecular complexity index is 391. The van der Waals surface area contributed by atoms with Crippen molar-refractivity contribution < 1.29 is 14.6 Å². The van der Waals surface area contributed by atoms with Crippen LogP contribution in [0.1, 0.15) is 13.8 Å². The standard InChI is InChI=1S/C12H18N2O3/c1-12(2,8-15)14-11(16)7-17-10-6-4-3-5-9(10)13/h3-6,15H,7-8,13H2,1-2H3,(H,14,16). The normalized spacial score (nSPS) is 11.0. The highest BCUT2D eigenvalue weighted by Crippen LogP contribution is 2.19. The molecule has 0 unspecified atom stereocenters. The zero-order chi connectivity index (χ0) is 12.9.